The van der Waals surface area contributed by atoms with Crippen molar-refractivity contribution < 1.29 is 4.79 Å². The van der Waals surface area contributed by atoms with Crippen molar-refractivity contribution in [2.45, 2.75) is 40.2 Å². The van der Waals surface area contributed by atoms with Crippen molar-refractivity contribution >= 4 is 11.6 Å². The molecule has 0 saturated carbocycles. The van der Waals surface area contributed by atoms with Crippen LogP contribution in [-0.4, -0.2) is 51.1 Å². The number of carbonyl (C=O) groups is 1. The van der Waals surface area contributed by atoms with Gasteiger partial charge in [-0.05, 0) is 52.6 Å². The molecule has 124 valence electrons. The summed E-state index contributed by atoms with van der Waals surface area (Å²) in [5.41, 5.74) is 3.07. The van der Waals surface area contributed by atoms with Gasteiger partial charge in [0.25, 0.3) is 5.91 Å². The molecule has 0 spiro atoms. The first-order chi connectivity index (χ1) is 10.9. The first-order valence-electron chi connectivity index (χ1n) is 8.30. The Morgan fingerprint density at radius 1 is 1.39 bits per heavy atom. The van der Waals surface area contributed by atoms with Crippen LogP contribution in [0.25, 0.3) is 5.65 Å². The SMILES string of the molecule is Cc1cc(C)n2nc(C(=O)NC[C@@H]3CCN(C(C)C)C3)cc2n1. The zero-order valence-corrected chi connectivity index (χ0v) is 14.3. The topological polar surface area (TPSA) is 62.5 Å². The fourth-order valence-corrected chi connectivity index (χ4v) is 3.22. The lowest BCUT2D eigenvalue weighted by Gasteiger charge is -2.20. The summed E-state index contributed by atoms with van der Waals surface area (Å²) >= 11 is 0. The predicted molar refractivity (Wildman–Crippen MR) is 89.6 cm³/mol. The number of nitrogens with zero attached hydrogens (tertiary/aromatic N) is 4. The van der Waals surface area contributed by atoms with Crippen LogP contribution in [0.5, 0.6) is 0 Å². The summed E-state index contributed by atoms with van der Waals surface area (Å²) in [5.74, 6) is 0.413. The molecule has 6 heteroatoms. The number of nitrogens with one attached hydrogen (secondary N) is 1. The molecule has 0 radical (unpaired) electrons. The van der Waals surface area contributed by atoms with Crippen molar-refractivity contribution in [1.82, 2.24) is 24.8 Å². The molecule has 1 aliphatic heterocycles. The Hall–Kier alpha value is -1.95. The van der Waals surface area contributed by atoms with Gasteiger partial charge in [-0.3, -0.25) is 4.79 Å². The van der Waals surface area contributed by atoms with E-state index in [0.29, 0.717) is 24.2 Å². The molecule has 3 heterocycles. The minimum atomic E-state index is -0.115. The molecular weight excluding hydrogens is 290 g/mol. The minimum Gasteiger partial charge on any atom is -0.350 e. The van der Waals surface area contributed by atoms with Gasteiger partial charge in [0.05, 0.1) is 0 Å². The highest BCUT2D eigenvalue weighted by atomic mass is 16.1. The summed E-state index contributed by atoms with van der Waals surface area (Å²) in [7, 11) is 0. The lowest BCUT2D eigenvalue weighted by molar-refractivity contribution is 0.0942. The van der Waals surface area contributed by atoms with Crippen molar-refractivity contribution in [2.24, 2.45) is 5.92 Å². The Bertz CT molecular complexity index is 721. The number of aromatic nitrogens is 3. The lowest BCUT2D eigenvalue weighted by atomic mass is 10.1. The zero-order chi connectivity index (χ0) is 16.6. The maximum absolute atomic E-state index is 12.4. The van der Waals surface area contributed by atoms with Crippen LogP contribution < -0.4 is 5.32 Å². The molecule has 1 N–H and O–H groups in total. The highest BCUT2D eigenvalue weighted by Gasteiger charge is 2.24. The average Bonchev–Trinajstić information content (AvgIpc) is 3.11. The number of hydrogen-bond donors (Lipinski definition) is 1. The first-order valence-corrected chi connectivity index (χ1v) is 8.30. The summed E-state index contributed by atoms with van der Waals surface area (Å²) in [6.45, 7) is 11.2. The van der Waals surface area contributed by atoms with E-state index in [1.165, 1.54) is 0 Å². The summed E-state index contributed by atoms with van der Waals surface area (Å²) in [6, 6.07) is 4.29. The molecule has 1 aliphatic rings. The molecular formula is C17H25N5O. The van der Waals surface area contributed by atoms with Crippen LogP contribution in [-0.2, 0) is 0 Å². The summed E-state index contributed by atoms with van der Waals surface area (Å²) < 4.78 is 1.72. The van der Waals surface area contributed by atoms with Crippen molar-refractivity contribution in [3.63, 3.8) is 0 Å². The molecule has 2 aromatic heterocycles. The monoisotopic (exact) mass is 315 g/mol. The van der Waals surface area contributed by atoms with E-state index in [2.05, 4.69) is 34.1 Å². The van der Waals surface area contributed by atoms with Gasteiger partial charge in [0.2, 0.25) is 0 Å². The molecule has 0 aromatic carbocycles. The largest absolute Gasteiger partial charge is 0.350 e. The van der Waals surface area contributed by atoms with Gasteiger partial charge in [0, 0.05) is 36.6 Å². The second-order valence-electron chi connectivity index (χ2n) is 6.79. The van der Waals surface area contributed by atoms with Gasteiger partial charge in [-0.15, -0.1) is 0 Å². The fourth-order valence-electron chi connectivity index (χ4n) is 3.22. The van der Waals surface area contributed by atoms with E-state index in [4.69, 9.17) is 0 Å². The Labute approximate surface area is 136 Å². The van der Waals surface area contributed by atoms with Gasteiger partial charge >= 0.3 is 0 Å². The third-order valence-electron chi connectivity index (χ3n) is 4.56. The van der Waals surface area contributed by atoms with E-state index in [-0.39, 0.29) is 5.91 Å². The van der Waals surface area contributed by atoms with E-state index < -0.39 is 0 Å². The number of aryl methyl sites for hydroxylation is 2. The van der Waals surface area contributed by atoms with Gasteiger partial charge in [-0.2, -0.15) is 5.10 Å². The predicted octanol–water partition coefficient (Wildman–Crippen LogP) is 1.81. The first kappa shape index (κ1) is 15.9. The van der Waals surface area contributed by atoms with Crippen LogP contribution in [0.15, 0.2) is 12.1 Å². The number of rotatable bonds is 4. The van der Waals surface area contributed by atoms with Crippen molar-refractivity contribution in [3.8, 4) is 0 Å². The maximum atomic E-state index is 12.4. The minimum absolute atomic E-state index is 0.115. The van der Waals surface area contributed by atoms with Gasteiger partial charge in [0.15, 0.2) is 11.3 Å². The van der Waals surface area contributed by atoms with Crippen molar-refractivity contribution in [1.29, 1.82) is 0 Å². The molecule has 1 saturated heterocycles. The Balaban J connectivity index is 1.64. The fraction of sp³-hybridized carbons (Fsp3) is 0.588. The number of fused-ring (bicyclic) bond motifs is 1. The highest BCUT2D eigenvalue weighted by Crippen LogP contribution is 2.17. The molecule has 3 rings (SSSR count). The van der Waals surface area contributed by atoms with Crippen LogP contribution >= 0.6 is 0 Å². The third-order valence-corrected chi connectivity index (χ3v) is 4.56. The molecule has 0 bridgehead atoms. The molecule has 23 heavy (non-hydrogen) atoms. The van der Waals surface area contributed by atoms with Gasteiger partial charge in [-0.1, -0.05) is 0 Å². The van der Waals surface area contributed by atoms with E-state index in [9.17, 15) is 4.79 Å². The van der Waals surface area contributed by atoms with E-state index >= 15 is 0 Å². The normalized spacial score (nSPS) is 18.9. The Morgan fingerprint density at radius 2 is 2.17 bits per heavy atom. The third kappa shape index (κ3) is 3.37. The number of hydrogen-bond acceptors (Lipinski definition) is 4. The van der Waals surface area contributed by atoms with Crippen LogP contribution in [0, 0.1) is 19.8 Å². The molecule has 2 aromatic rings. The van der Waals surface area contributed by atoms with Crippen molar-refractivity contribution in [3.05, 3.63) is 29.2 Å². The van der Waals surface area contributed by atoms with E-state index in [1.54, 1.807) is 10.6 Å². The van der Waals surface area contributed by atoms with Gasteiger partial charge < -0.3 is 10.2 Å². The second kappa shape index (κ2) is 6.28. The molecule has 1 amide bonds. The molecule has 6 nitrogen and oxygen atoms in total. The summed E-state index contributed by atoms with van der Waals surface area (Å²) in [6.07, 6.45) is 1.14. The number of likely N-dealkylation sites (tertiary alicyclic amines) is 1. The quantitative estimate of drug-likeness (QED) is 0.934. The maximum Gasteiger partial charge on any atom is 0.271 e. The Kier molecular flexibility index (Phi) is 4.35. The number of carbonyl (C=O) groups excluding carboxylic acids is 1. The molecule has 0 aliphatic carbocycles. The molecule has 0 unspecified atom stereocenters. The second-order valence-corrected chi connectivity index (χ2v) is 6.79. The van der Waals surface area contributed by atoms with Crippen LogP contribution in [0.3, 0.4) is 0 Å². The van der Waals surface area contributed by atoms with Crippen LogP contribution in [0.2, 0.25) is 0 Å². The van der Waals surface area contributed by atoms with E-state index in [1.807, 2.05) is 19.9 Å². The zero-order valence-electron chi connectivity index (χ0n) is 14.3. The highest BCUT2D eigenvalue weighted by molar-refractivity contribution is 5.93. The average molecular weight is 315 g/mol. The van der Waals surface area contributed by atoms with Gasteiger partial charge in [0.1, 0.15) is 0 Å². The summed E-state index contributed by atoms with van der Waals surface area (Å²) in [5, 5.41) is 7.40. The Morgan fingerprint density at radius 3 is 2.87 bits per heavy atom. The number of amides is 1. The van der Waals surface area contributed by atoms with Gasteiger partial charge in [-0.25, -0.2) is 9.50 Å². The van der Waals surface area contributed by atoms with Crippen LogP contribution in [0.1, 0.15) is 42.1 Å². The summed E-state index contributed by atoms with van der Waals surface area (Å²) in [4.78, 5) is 19.2. The van der Waals surface area contributed by atoms with Crippen LogP contribution in [0.4, 0.5) is 0 Å². The lowest BCUT2D eigenvalue weighted by Crippen LogP contribution is -2.33. The smallest absolute Gasteiger partial charge is 0.271 e. The standard InChI is InChI=1S/C17H25N5O/c1-11(2)21-6-5-14(10-21)9-18-17(23)15-8-16-19-12(3)7-13(4)22(16)20-15/h7-8,11,14H,5-6,9-10H2,1-4H3,(H,18,23)/t14-/m0/s1. The molecule has 1 fully saturated rings. The van der Waals surface area contributed by atoms with Crippen molar-refractivity contribution in [2.75, 3.05) is 19.6 Å². The van der Waals surface area contributed by atoms with E-state index in [0.717, 1.165) is 36.5 Å². The molecule has 1 atom stereocenters.